The number of nitrogens with zero attached hydrogens (tertiary/aromatic N) is 1. The molecule has 19 heavy (non-hydrogen) atoms. The summed E-state index contributed by atoms with van der Waals surface area (Å²) >= 11 is 0. The summed E-state index contributed by atoms with van der Waals surface area (Å²) in [5.74, 6) is -0.172. The predicted molar refractivity (Wildman–Crippen MR) is 69.0 cm³/mol. The van der Waals surface area contributed by atoms with Crippen LogP contribution in [0.4, 0.5) is 13.2 Å². The van der Waals surface area contributed by atoms with E-state index in [-0.39, 0.29) is 5.75 Å². The zero-order chi connectivity index (χ0) is 14.3. The second-order valence-corrected chi connectivity index (χ2v) is 4.47. The van der Waals surface area contributed by atoms with Crippen LogP contribution in [-0.4, -0.2) is 24.4 Å². The summed E-state index contributed by atoms with van der Waals surface area (Å²) < 4.78 is 39.9. The molecule has 1 aromatic rings. The van der Waals surface area contributed by atoms with Gasteiger partial charge in [-0.2, -0.15) is 0 Å². The fourth-order valence-corrected chi connectivity index (χ4v) is 1.96. The molecule has 0 N–H and O–H groups in total. The van der Waals surface area contributed by atoms with Gasteiger partial charge in [0.25, 0.3) is 0 Å². The highest BCUT2D eigenvalue weighted by Gasteiger charge is 2.30. The highest BCUT2D eigenvalue weighted by atomic mass is 19.4. The van der Waals surface area contributed by atoms with Crippen molar-refractivity contribution in [3.05, 3.63) is 29.8 Å². The number of hydrogen-bond acceptors (Lipinski definition) is 2. The SMILES string of the molecule is CCCN(CCC)Cc1ccc(OC(F)(F)F)cc1. The average Bonchev–Trinajstić information content (AvgIpc) is 2.30. The minimum atomic E-state index is -4.63. The Hall–Kier alpha value is -1.23. The molecular weight excluding hydrogens is 255 g/mol. The van der Waals surface area contributed by atoms with E-state index in [4.69, 9.17) is 0 Å². The molecule has 0 fully saturated rings. The van der Waals surface area contributed by atoms with Crippen LogP contribution < -0.4 is 4.74 Å². The van der Waals surface area contributed by atoms with Gasteiger partial charge in [0, 0.05) is 6.54 Å². The van der Waals surface area contributed by atoms with Crippen LogP contribution in [0.2, 0.25) is 0 Å². The topological polar surface area (TPSA) is 12.5 Å². The third-order valence-electron chi connectivity index (χ3n) is 2.64. The molecule has 0 radical (unpaired) electrons. The van der Waals surface area contributed by atoms with Gasteiger partial charge in [-0.05, 0) is 43.6 Å². The Morgan fingerprint density at radius 2 is 1.53 bits per heavy atom. The van der Waals surface area contributed by atoms with E-state index in [0.717, 1.165) is 38.0 Å². The first-order chi connectivity index (χ1) is 8.94. The molecule has 108 valence electrons. The molecule has 1 aromatic carbocycles. The molecule has 0 saturated heterocycles. The van der Waals surface area contributed by atoms with Crippen LogP contribution in [0.25, 0.3) is 0 Å². The molecule has 0 aliphatic heterocycles. The van der Waals surface area contributed by atoms with Gasteiger partial charge in [0.1, 0.15) is 5.75 Å². The Labute approximate surface area is 112 Å². The van der Waals surface area contributed by atoms with E-state index < -0.39 is 6.36 Å². The molecule has 1 rings (SSSR count). The van der Waals surface area contributed by atoms with Crippen LogP contribution in [0.1, 0.15) is 32.3 Å². The third kappa shape index (κ3) is 6.47. The minimum Gasteiger partial charge on any atom is -0.406 e. The first-order valence-electron chi connectivity index (χ1n) is 6.51. The Morgan fingerprint density at radius 1 is 1.00 bits per heavy atom. The van der Waals surface area contributed by atoms with Crippen molar-refractivity contribution in [3.8, 4) is 5.75 Å². The average molecular weight is 275 g/mol. The van der Waals surface area contributed by atoms with Gasteiger partial charge in [0.2, 0.25) is 0 Å². The van der Waals surface area contributed by atoms with Crippen molar-refractivity contribution in [2.75, 3.05) is 13.1 Å². The minimum absolute atomic E-state index is 0.172. The summed E-state index contributed by atoms with van der Waals surface area (Å²) in [6.07, 6.45) is -2.50. The Kier molecular flexibility index (Phi) is 6.15. The summed E-state index contributed by atoms with van der Waals surface area (Å²) in [5.41, 5.74) is 0.997. The van der Waals surface area contributed by atoms with Crippen molar-refractivity contribution >= 4 is 0 Å². The number of halogens is 3. The zero-order valence-electron chi connectivity index (χ0n) is 11.3. The van der Waals surface area contributed by atoms with E-state index >= 15 is 0 Å². The molecule has 0 aliphatic rings. The number of benzene rings is 1. The van der Waals surface area contributed by atoms with Gasteiger partial charge in [-0.25, -0.2) is 0 Å². The lowest BCUT2D eigenvalue weighted by Crippen LogP contribution is -2.24. The smallest absolute Gasteiger partial charge is 0.406 e. The number of alkyl halides is 3. The maximum Gasteiger partial charge on any atom is 0.573 e. The molecule has 0 amide bonds. The van der Waals surface area contributed by atoms with Crippen molar-refractivity contribution in [3.63, 3.8) is 0 Å². The number of hydrogen-bond donors (Lipinski definition) is 0. The second-order valence-electron chi connectivity index (χ2n) is 4.47. The summed E-state index contributed by atoms with van der Waals surface area (Å²) in [6.45, 7) is 6.98. The fraction of sp³-hybridized carbons (Fsp3) is 0.571. The van der Waals surface area contributed by atoms with Crippen LogP contribution in [0, 0.1) is 0 Å². The van der Waals surface area contributed by atoms with E-state index in [9.17, 15) is 13.2 Å². The highest BCUT2D eigenvalue weighted by Crippen LogP contribution is 2.23. The Bertz CT molecular complexity index is 356. The Balaban J connectivity index is 2.60. The van der Waals surface area contributed by atoms with Crippen LogP contribution >= 0.6 is 0 Å². The van der Waals surface area contributed by atoms with E-state index in [1.54, 1.807) is 12.1 Å². The maximum absolute atomic E-state index is 12.0. The molecule has 0 unspecified atom stereocenters. The van der Waals surface area contributed by atoms with Gasteiger partial charge in [0.05, 0.1) is 0 Å². The van der Waals surface area contributed by atoms with Crippen LogP contribution in [-0.2, 0) is 6.54 Å². The summed E-state index contributed by atoms with van der Waals surface area (Å²) in [5, 5.41) is 0. The lowest BCUT2D eigenvalue weighted by molar-refractivity contribution is -0.274. The maximum atomic E-state index is 12.0. The van der Waals surface area contributed by atoms with Gasteiger partial charge < -0.3 is 4.74 Å². The molecule has 0 aliphatic carbocycles. The second kappa shape index (κ2) is 7.38. The summed E-state index contributed by atoms with van der Waals surface area (Å²) in [7, 11) is 0. The molecule has 0 bridgehead atoms. The van der Waals surface area contributed by atoms with Gasteiger partial charge in [-0.3, -0.25) is 4.90 Å². The standard InChI is InChI=1S/C14H20F3NO/c1-3-9-18(10-4-2)11-12-5-7-13(8-6-12)19-14(15,16)17/h5-8H,3-4,9-11H2,1-2H3. The molecule has 0 atom stereocenters. The van der Waals surface area contributed by atoms with Crippen molar-refractivity contribution in [2.24, 2.45) is 0 Å². The van der Waals surface area contributed by atoms with Gasteiger partial charge in [-0.15, -0.1) is 13.2 Å². The largest absolute Gasteiger partial charge is 0.573 e. The zero-order valence-corrected chi connectivity index (χ0v) is 11.3. The fourth-order valence-electron chi connectivity index (χ4n) is 1.96. The van der Waals surface area contributed by atoms with Crippen LogP contribution in [0.15, 0.2) is 24.3 Å². The van der Waals surface area contributed by atoms with E-state index in [1.807, 2.05) is 0 Å². The molecule has 5 heteroatoms. The first kappa shape index (κ1) is 15.8. The van der Waals surface area contributed by atoms with Gasteiger partial charge >= 0.3 is 6.36 Å². The van der Waals surface area contributed by atoms with Gasteiger partial charge in [0.15, 0.2) is 0 Å². The highest BCUT2D eigenvalue weighted by molar-refractivity contribution is 5.27. The lowest BCUT2D eigenvalue weighted by Gasteiger charge is -2.21. The molecular formula is C14H20F3NO. The molecule has 0 saturated carbocycles. The van der Waals surface area contributed by atoms with E-state index in [2.05, 4.69) is 23.5 Å². The van der Waals surface area contributed by atoms with Crippen molar-refractivity contribution in [1.82, 2.24) is 4.90 Å². The molecule has 0 spiro atoms. The van der Waals surface area contributed by atoms with E-state index in [0.29, 0.717) is 0 Å². The molecule has 0 aromatic heterocycles. The molecule has 0 heterocycles. The van der Waals surface area contributed by atoms with Crippen LogP contribution in [0.3, 0.4) is 0 Å². The first-order valence-corrected chi connectivity index (χ1v) is 6.51. The number of rotatable bonds is 7. The van der Waals surface area contributed by atoms with Crippen LogP contribution in [0.5, 0.6) is 5.75 Å². The van der Waals surface area contributed by atoms with Crippen molar-refractivity contribution in [1.29, 1.82) is 0 Å². The van der Waals surface area contributed by atoms with Crippen molar-refractivity contribution in [2.45, 2.75) is 39.6 Å². The molecule has 2 nitrogen and oxygen atoms in total. The monoisotopic (exact) mass is 275 g/mol. The summed E-state index contributed by atoms with van der Waals surface area (Å²) in [4.78, 5) is 2.29. The Morgan fingerprint density at radius 3 is 1.95 bits per heavy atom. The predicted octanol–water partition coefficient (Wildman–Crippen LogP) is 4.21. The third-order valence-corrected chi connectivity index (χ3v) is 2.64. The van der Waals surface area contributed by atoms with Crippen molar-refractivity contribution < 1.29 is 17.9 Å². The lowest BCUT2D eigenvalue weighted by atomic mass is 10.2. The summed E-state index contributed by atoms with van der Waals surface area (Å²) in [6, 6.07) is 6.08. The quantitative estimate of drug-likeness (QED) is 0.739. The normalized spacial score (nSPS) is 11.9. The van der Waals surface area contributed by atoms with Gasteiger partial charge in [-0.1, -0.05) is 26.0 Å². The van der Waals surface area contributed by atoms with E-state index in [1.165, 1.54) is 12.1 Å². The number of ether oxygens (including phenoxy) is 1.